The van der Waals surface area contributed by atoms with Crippen LogP contribution >= 0.6 is 0 Å². The Morgan fingerprint density at radius 1 is 1.10 bits per heavy atom. The average molecular weight is 281 g/mol. The molecule has 3 fully saturated rings. The van der Waals surface area contributed by atoms with Gasteiger partial charge >= 0.3 is 0 Å². The molecule has 0 aromatic carbocycles. The molecule has 114 valence electrons. The summed E-state index contributed by atoms with van der Waals surface area (Å²) in [5.74, 6) is 1.07. The van der Waals surface area contributed by atoms with Crippen molar-refractivity contribution < 1.29 is 9.53 Å². The van der Waals surface area contributed by atoms with Crippen LogP contribution in [0.1, 0.15) is 25.7 Å². The number of nitrogens with zero attached hydrogens (tertiary/aromatic N) is 2. The number of nitrogens with one attached hydrogen (secondary N) is 1. The van der Waals surface area contributed by atoms with Crippen LogP contribution < -0.4 is 5.32 Å². The van der Waals surface area contributed by atoms with Crippen molar-refractivity contribution in [2.45, 2.75) is 31.8 Å². The molecule has 3 rings (SSSR count). The van der Waals surface area contributed by atoms with E-state index in [1.807, 2.05) is 4.90 Å². The molecule has 20 heavy (non-hydrogen) atoms. The van der Waals surface area contributed by atoms with Crippen molar-refractivity contribution in [1.82, 2.24) is 15.1 Å². The summed E-state index contributed by atoms with van der Waals surface area (Å²) in [7, 11) is 0. The molecular weight excluding hydrogens is 254 g/mol. The lowest BCUT2D eigenvalue weighted by Gasteiger charge is -2.38. The molecule has 3 heterocycles. The molecule has 3 aliphatic rings. The maximum atomic E-state index is 12.3. The number of hydrogen-bond donors (Lipinski definition) is 1. The lowest BCUT2D eigenvalue weighted by molar-refractivity contribution is -0.142. The monoisotopic (exact) mass is 281 g/mol. The Morgan fingerprint density at radius 3 is 2.50 bits per heavy atom. The normalized spacial score (nSPS) is 29.8. The molecule has 0 radical (unpaired) electrons. The predicted molar refractivity (Wildman–Crippen MR) is 77.6 cm³/mol. The molecule has 0 spiro atoms. The van der Waals surface area contributed by atoms with Gasteiger partial charge in [-0.25, -0.2) is 0 Å². The first-order valence-electron chi connectivity index (χ1n) is 8.16. The maximum Gasteiger partial charge on any atom is 0.251 e. The van der Waals surface area contributed by atoms with Crippen LogP contribution in [0.4, 0.5) is 0 Å². The van der Waals surface area contributed by atoms with Gasteiger partial charge in [-0.3, -0.25) is 9.69 Å². The van der Waals surface area contributed by atoms with Gasteiger partial charge in [0.05, 0.1) is 0 Å². The molecule has 0 aromatic rings. The van der Waals surface area contributed by atoms with Crippen LogP contribution in [0, 0.1) is 5.92 Å². The van der Waals surface area contributed by atoms with Gasteiger partial charge in [0.25, 0.3) is 5.91 Å². The van der Waals surface area contributed by atoms with Crippen molar-refractivity contribution in [2.24, 2.45) is 5.92 Å². The Kier molecular flexibility index (Phi) is 4.91. The first-order chi connectivity index (χ1) is 9.83. The van der Waals surface area contributed by atoms with Crippen molar-refractivity contribution in [3.63, 3.8) is 0 Å². The minimum absolute atomic E-state index is 0.147. The molecule has 0 saturated carbocycles. The van der Waals surface area contributed by atoms with E-state index in [4.69, 9.17) is 4.74 Å². The molecule has 0 bridgehead atoms. The van der Waals surface area contributed by atoms with E-state index in [1.54, 1.807) is 0 Å². The molecule has 5 nitrogen and oxygen atoms in total. The number of carbonyl (C=O) groups is 1. The highest BCUT2D eigenvalue weighted by Crippen LogP contribution is 2.18. The van der Waals surface area contributed by atoms with E-state index in [-0.39, 0.29) is 12.0 Å². The van der Waals surface area contributed by atoms with Gasteiger partial charge in [0.1, 0.15) is 6.10 Å². The van der Waals surface area contributed by atoms with E-state index in [1.165, 1.54) is 32.5 Å². The molecule has 0 aromatic heterocycles. The molecule has 3 aliphatic heterocycles. The van der Waals surface area contributed by atoms with Crippen LogP contribution in [-0.4, -0.2) is 74.2 Å². The van der Waals surface area contributed by atoms with Gasteiger partial charge in [-0.2, -0.15) is 0 Å². The number of rotatable bonds is 3. The number of amides is 1. The molecule has 1 unspecified atom stereocenters. The van der Waals surface area contributed by atoms with E-state index >= 15 is 0 Å². The fourth-order valence-corrected chi connectivity index (χ4v) is 3.56. The zero-order valence-electron chi connectivity index (χ0n) is 12.4. The number of piperazine rings is 1. The highest BCUT2D eigenvalue weighted by atomic mass is 16.5. The molecular formula is C15H27N3O2. The van der Waals surface area contributed by atoms with Crippen LogP contribution in [0.25, 0.3) is 0 Å². The summed E-state index contributed by atoms with van der Waals surface area (Å²) in [5.41, 5.74) is 0. The van der Waals surface area contributed by atoms with Crippen molar-refractivity contribution >= 4 is 5.91 Å². The Labute approximate surface area is 121 Å². The lowest BCUT2D eigenvalue weighted by Crippen LogP contribution is -2.52. The summed E-state index contributed by atoms with van der Waals surface area (Å²) in [6, 6.07) is 0. The molecule has 1 amide bonds. The van der Waals surface area contributed by atoms with Gasteiger partial charge < -0.3 is 15.0 Å². The van der Waals surface area contributed by atoms with Crippen LogP contribution in [0.15, 0.2) is 0 Å². The van der Waals surface area contributed by atoms with Gasteiger partial charge in [-0.05, 0) is 44.7 Å². The smallest absolute Gasteiger partial charge is 0.251 e. The number of piperidine rings is 1. The zero-order chi connectivity index (χ0) is 13.8. The maximum absolute atomic E-state index is 12.3. The highest BCUT2D eigenvalue weighted by molar-refractivity contribution is 5.81. The van der Waals surface area contributed by atoms with E-state index < -0.39 is 0 Å². The Morgan fingerprint density at radius 2 is 1.85 bits per heavy atom. The number of carbonyl (C=O) groups excluding carboxylic acids is 1. The quantitative estimate of drug-likeness (QED) is 0.809. The van der Waals surface area contributed by atoms with E-state index in [0.29, 0.717) is 0 Å². The SMILES string of the molecule is O=C(C1CCCO1)N1CCN(CC2CCNCC2)CC1. The summed E-state index contributed by atoms with van der Waals surface area (Å²) in [6.07, 6.45) is 4.40. The standard InChI is InChI=1S/C15H27N3O2/c19-15(14-2-1-11-20-14)18-9-7-17(8-10-18)12-13-3-5-16-6-4-13/h13-14,16H,1-12H2. The van der Waals surface area contributed by atoms with Gasteiger partial charge in [-0.15, -0.1) is 0 Å². The Hall–Kier alpha value is -0.650. The van der Waals surface area contributed by atoms with Gasteiger partial charge in [0.15, 0.2) is 0 Å². The fourth-order valence-electron chi connectivity index (χ4n) is 3.56. The Balaban J connectivity index is 1.40. The van der Waals surface area contributed by atoms with Crippen molar-refractivity contribution in [1.29, 1.82) is 0 Å². The van der Waals surface area contributed by atoms with Crippen LogP contribution in [0.3, 0.4) is 0 Å². The van der Waals surface area contributed by atoms with E-state index in [9.17, 15) is 4.79 Å². The summed E-state index contributed by atoms with van der Waals surface area (Å²) in [6.45, 7) is 8.12. The summed E-state index contributed by atoms with van der Waals surface area (Å²) in [5, 5.41) is 3.42. The molecule has 3 saturated heterocycles. The van der Waals surface area contributed by atoms with E-state index in [0.717, 1.165) is 51.5 Å². The first-order valence-corrected chi connectivity index (χ1v) is 8.16. The Bertz CT molecular complexity index is 317. The molecule has 1 N–H and O–H groups in total. The van der Waals surface area contributed by atoms with Crippen LogP contribution in [0.2, 0.25) is 0 Å². The van der Waals surface area contributed by atoms with Crippen LogP contribution in [0.5, 0.6) is 0 Å². The minimum Gasteiger partial charge on any atom is -0.368 e. The second-order valence-electron chi connectivity index (χ2n) is 6.32. The van der Waals surface area contributed by atoms with Crippen molar-refractivity contribution in [2.75, 3.05) is 52.4 Å². The minimum atomic E-state index is -0.147. The third-order valence-electron chi connectivity index (χ3n) is 4.86. The summed E-state index contributed by atoms with van der Waals surface area (Å²) >= 11 is 0. The number of ether oxygens (including phenoxy) is 1. The zero-order valence-corrected chi connectivity index (χ0v) is 12.4. The van der Waals surface area contributed by atoms with Gasteiger partial charge in [-0.1, -0.05) is 0 Å². The molecule has 0 aliphatic carbocycles. The molecule has 1 atom stereocenters. The first kappa shape index (κ1) is 14.3. The second-order valence-corrected chi connectivity index (χ2v) is 6.32. The third-order valence-corrected chi connectivity index (χ3v) is 4.86. The molecule has 5 heteroatoms. The highest BCUT2D eigenvalue weighted by Gasteiger charge is 2.30. The summed E-state index contributed by atoms with van der Waals surface area (Å²) in [4.78, 5) is 16.8. The average Bonchev–Trinajstić information content (AvgIpc) is 3.03. The third kappa shape index (κ3) is 3.51. The predicted octanol–water partition coefficient (Wildman–Crippen LogP) is 0.309. The lowest BCUT2D eigenvalue weighted by atomic mass is 9.97. The topological polar surface area (TPSA) is 44.8 Å². The van der Waals surface area contributed by atoms with Crippen molar-refractivity contribution in [3.05, 3.63) is 0 Å². The number of hydrogen-bond acceptors (Lipinski definition) is 4. The fraction of sp³-hybridized carbons (Fsp3) is 0.933. The second kappa shape index (κ2) is 6.87. The largest absolute Gasteiger partial charge is 0.368 e. The summed E-state index contributed by atoms with van der Waals surface area (Å²) < 4.78 is 5.50. The van der Waals surface area contributed by atoms with Crippen LogP contribution in [-0.2, 0) is 9.53 Å². The van der Waals surface area contributed by atoms with Gasteiger partial charge in [0.2, 0.25) is 0 Å². The van der Waals surface area contributed by atoms with E-state index in [2.05, 4.69) is 10.2 Å². The van der Waals surface area contributed by atoms with Crippen molar-refractivity contribution in [3.8, 4) is 0 Å². The van der Waals surface area contributed by atoms with Gasteiger partial charge in [0, 0.05) is 39.3 Å².